The number of aliphatic hydroxyl groups is 1. The molecule has 0 aromatic heterocycles. The van der Waals surface area contributed by atoms with Gasteiger partial charge in [0.25, 0.3) is 0 Å². The minimum Gasteiger partial charge on any atom is -0.458 e. The van der Waals surface area contributed by atoms with Crippen LogP contribution in [0.15, 0.2) is 60.7 Å². The van der Waals surface area contributed by atoms with E-state index in [0.29, 0.717) is 30.6 Å². The van der Waals surface area contributed by atoms with E-state index in [-0.39, 0.29) is 6.10 Å². The molecule has 3 rings (SSSR count). The third-order valence-corrected chi connectivity index (χ3v) is 4.82. The van der Waals surface area contributed by atoms with Crippen molar-refractivity contribution in [1.82, 2.24) is 4.90 Å². The number of piperidine rings is 1. The number of hydrogen-bond acceptors (Lipinski definition) is 4. The Morgan fingerprint density at radius 1 is 1.12 bits per heavy atom. The topological polar surface area (TPSA) is 49.8 Å². The van der Waals surface area contributed by atoms with Crippen molar-refractivity contribution in [3.05, 3.63) is 71.8 Å². The van der Waals surface area contributed by atoms with Gasteiger partial charge < -0.3 is 9.84 Å². The van der Waals surface area contributed by atoms with Crippen LogP contribution in [0.25, 0.3) is 0 Å². The Morgan fingerprint density at radius 3 is 2.23 bits per heavy atom. The molecule has 0 saturated carbocycles. The highest BCUT2D eigenvalue weighted by molar-refractivity contribution is 5.85. The third-order valence-electron chi connectivity index (χ3n) is 4.82. The normalized spacial score (nSPS) is 18.5. The van der Waals surface area contributed by atoms with Crippen molar-refractivity contribution in [2.24, 2.45) is 0 Å². The molecule has 5 heteroatoms. The number of benzene rings is 2. The fraction of sp³-hybridized carbons (Fsp3) is 0.381. The third kappa shape index (κ3) is 3.94. The molecule has 0 radical (unpaired) electrons. The van der Waals surface area contributed by atoms with Crippen molar-refractivity contribution in [1.29, 1.82) is 0 Å². The lowest BCUT2D eigenvalue weighted by atomic mass is 9.86. The summed E-state index contributed by atoms with van der Waals surface area (Å²) in [6, 6.07) is 17.6. The predicted octanol–water partition coefficient (Wildman–Crippen LogP) is 2.90. The van der Waals surface area contributed by atoms with E-state index >= 15 is 0 Å². The summed E-state index contributed by atoms with van der Waals surface area (Å²) < 4.78 is 18.3. The first-order chi connectivity index (χ1) is 12.6. The molecule has 2 aromatic carbocycles. The van der Waals surface area contributed by atoms with Gasteiger partial charge in [-0.2, -0.15) is 0 Å². The number of nitrogens with zero attached hydrogens (tertiary/aromatic N) is 1. The van der Waals surface area contributed by atoms with Crippen molar-refractivity contribution in [2.75, 3.05) is 26.3 Å². The summed E-state index contributed by atoms with van der Waals surface area (Å²) in [4.78, 5) is 15.0. The molecule has 1 heterocycles. The maximum Gasteiger partial charge on any atom is 0.348 e. The van der Waals surface area contributed by atoms with Crippen LogP contribution >= 0.6 is 0 Å². The first-order valence-electron chi connectivity index (χ1n) is 8.97. The highest BCUT2D eigenvalue weighted by Crippen LogP contribution is 2.32. The summed E-state index contributed by atoms with van der Waals surface area (Å²) in [5.41, 5.74) is -0.939. The molecule has 1 fully saturated rings. The molecule has 0 aliphatic carbocycles. The quantitative estimate of drug-likeness (QED) is 0.809. The fourth-order valence-corrected chi connectivity index (χ4v) is 3.43. The summed E-state index contributed by atoms with van der Waals surface area (Å²) in [5, 5.41) is 11.4. The molecule has 1 aliphatic heterocycles. The van der Waals surface area contributed by atoms with E-state index in [4.69, 9.17) is 4.74 Å². The molecule has 4 nitrogen and oxygen atoms in total. The zero-order valence-electron chi connectivity index (χ0n) is 14.7. The molecule has 26 heavy (non-hydrogen) atoms. The number of likely N-dealkylation sites (tertiary alicyclic amines) is 1. The average Bonchev–Trinajstić information content (AvgIpc) is 2.69. The summed E-state index contributed by atoms with van der Waals surface area (Å²) in [7, 11) is 0. The number of esters is 1. The van der Waals surface area contributed by atoms with E-state index < -0.39 is 18.2 Å². The number of carbonyl (C=O) groups is 1. The number of halogens is 1. The second-order valence-electron chi connectivity index (χ2n) is 6.60. The van der Waals surface area contributed by atoms with Crippen LogP contribution in [0.3, 0.4) is 0 Å². The Kier molecular flexibility index (Phi) is 6.01. The lowest BCUT2D eigenvalue weighted by Gasteiger charge is -2.34. The summed E-state index contributed by atoms with van der Waals surface area (Å²) in [6.07, 6.45) is 1.21. The van der Waals surface area contributed by atoms with Gasteiger partial charge in [-0.15, -0.1) is 0 Å². The predicted molar refractivity (Wildman–Crippen MR) is 97.4 cm³/mol. The van der Waals surface area contributed by atoms with Crippen LogP contribution in [0.4, 0.5) is 4.39 Å². The monoisotopic (exact) mass is 356 g/mol. The average molecular weight is 356 g/mol. The molecular weight excluding hydrogens is 332 g/mol. The maximum absolute atomic E-state index is 13.0. The van der Waals surface area contributed by atoms with Crippen molar-refractivity contribution in [2.45, 2.75) is 24.5 Å². The van der Waals surface area contributed by atoms with E-state index in [1.165, 1.54) is 0 Å². The molecule has 0 amide bonds. The van der Waals surface area contributed by atoms with Crippen LogP contribution in [-0.2, 0) is 15.1 Å². The van der Waals surface area contributed by atoms with Gasteiger partial charge in [-0.3, -0.25) is 4.90 Å². The minimum atomic E-state index is -1.87. The Labute approximate surface area is 153 Å². The van der Waals surface area contributed by atoms with E-state index in [2.05, 4.69) is 0 Å². The molecule has 1 aliphatic rings. The van der Waals surface area contributed by atoms with Gasteiger partial charge in [-0.05, 0) is 30.5 Å². The molecule has 0 spiro atoms. The highest BCUT2D eigenvalue weighted by atomic mass is 18.2. The van der Waals surface area contributed by atoms with E-state index in [0.717, 1.165) is 13.0 Å². The maximum atomic E-state index is 13.0. The van der Waals surface area contributed by atoms with Crippen LogP contribution in [0.5, 0.6) is 0 Å². The largest absolute Gasteiger partial charge is 0.458 e. The zero-order valence-corrected chi connectivity index (χ0v) is 14.7. The van der Waals surface area contributed by atoms with Crippen molar-refractivity contribution >= 4 is 5.97 Å². The Bertz CT molecular complexity index is 666. The fourth-order valence-electron chi connectivity index (χ4n) is 3.43. The van der Waals surface area contributed by atoms with Crippen LogP contribution in [-0.4, -0.2) is 48.4 Å². The van der Waals surface area contributed by atoms with Crippen molar-refractivity contribution < 1.29 is 19.0 Å². The molecule has 1 N–H and O–H groups in total. The first-order valence-corrected chi connectivity index (χ1v) is 8.97. The Hall–Kier alpha value is -2.24. The van der Waals surface area contributed by atoms with Crippen molar-refractivity contribution in [3.63, 3.8) is 0 Å². The van der Waals surface area contributed by atoms with Gasteiger partial charge in [0.1, 0.15) is 12.8 Å². The number of rotatable bonds is 6. The molecule has 0 bridgehead atoms. The van der Waals surface area contributed by atoms with Crippen molar-refractivity contribution in [3.8, 4) is 0 Å². The van der Waals surface area contributed by atoms with Gasteiger partial charge >= 0.3 is 5.97 Å². The van der Waals surface area contributed by atoms with E-state index in [1.54, 1.807) is 48.5 Å². The molecular formula is C21H24FNO3. The number of ether oxygens (including phenoxy) is 1. The Balaban J connectivity index is 1.84. The van der Waals surface area contributed by atoms with E-state index in [9.17, 15) is 14.3 Å². The van der Waals surface area contributed by atoms with Crippen LogP contribution in [0.1, 0.15) is 24.0 Å². The van der Waals surface area contributed by atoms with Gasteiger partial charge in [-0.1, -0.05) is 60.7 Å². The van der Waals surface area contributed by atoms with Crippen LogP contribution < -0.4 is 0 Å². The molecule has 1 atom stereocenters. The lowest BCUT2D eigenvalue weighted by molar-refractivity contribution is -0.170. The van der Waals surface area contributed by atoms with Gasteiger partial charge in [0.2, 0.25) is 5.60 Å². The number of hydrogen-bond donors (Lipinski definition) is 1. The van der Waals surface area contributed by atoms with Crippen LogP contribution in [0.2, 0.25) is 0 Å². The summed E-state index contributed by atoms with van der Waals surface area (Å²) in [5.74, 6) is -0.693. The molecule has 138 valence electrons. The summed E-state index contributed by atoms with van der Waals surface area (Å²) in [6.45, 7) is 1.23. The standard InChI is InChI=1S/C21H24FNO3/c22-13-15-23-14-7-12-19(16-23)26-20(24)21(25,17-8-3-1-4-9-17)18-10-5-2-6-11-18/h1-6,8-11,19,25H,7,12-16H2/t19-/m1/s1/i22-1. The second-order valence-corrected chi connectivity index (χ2v) is 6.60. The minimum absolute atomic E-state index is 0.343. The van der Waals surface area contributed by atoms with Gasteiger partial charge in [0.05, 0.1) is 0 Å². The zero-order chi connectivity index (χ0) is 18.4. The number of alkyl halides is 1. The summed E-state index contributed by atoms with van der Waals surface area (Å²) >= 11 is 0. The van der Waals surface area contributed by atoms with Gasteiger partial charge in [0.15, 0.2) is 0 Å². The first kappa shape index (κ1) is 18.5. The van der Waals surface area contributed by atoms with Crippen LogP contribution in [0, 0.1) is 0 Å². The van der Waals surface area contributed by atoms with E-state index in [1.807, 2.05) is 17.0 Å². The molecule has 2 aromatic rings. The Morgan fingerprint density at radius 2 is 1.69 bits per heavy atom. The van der Waals surface area contributed by atoms with Gasteiger partial charge in [-0.25, -0.2) is 9.18 Å². The number of carbonyl (C=O) groups excluding carboxylic acids is 1. The lowest BCUT2D eigenvalue weighted by Crippen LogP contribution is -2.46. The highest BCUT2D eigenvalue weighted by Gasteiger charge is 2.43. The SMILES string of the molecule is O=C(O[C@@H]1CCCN(CC[18F])C1)C(O)(c1ccccc1)c1ccccc1. The molecule has 1 saturated heterocycles. The molecule has 0 unspecified atom stereocenters. The van der Waals surface area contributed by atoms with Gasteiger partial charge in [0, 0.05) is 13.1 Å². The second kappa shape index (κ2) is 8.43. The smallest absolute Gasteiger partial charge is 0.348 e.